The van der Waals surface area contributed by atoms with E-state index in [4.69, 9.17) is 9.73 Å². The Morgan fingerprint density at radius 2 is 2.10 bits per heavy atom. The largest absolute Gasteiger partial charge is 0.482 e. The van der Waals surface area contributed by atoms with Crippen LogP contribution in [0.4, 0.5) is 5.69 Å². The van der Waals surface area contributed by atoms with Crippen molar-refractivity contribution in [3.63, 3.8) is 0 Å². The number of fused-ring (bicyclic) bond motifs is 1. The zero-order chi connectivity index (χ0) is 20.6. The van der Waals surface area contributed by atoms with Gasteiger partial charge in [-0.2, -0.15) is 0 Å². The average molecular weight is 542 g/mol. The van der Waals surface area contributed by atoms with E-state index in [9.17, 15) is 4.79 Å². The Kier molecular flexibility index (Phi) is 9.90. The van der Waals surface area contributed by atoms with Crippen LogP contribution >= 0.6 is 35.3 Å². The third kappa shape index (κ3) is 6.87. The molecule has 0 aliphatic carbocycles. The van der Waals surface area contributed by atoms with Crippen LogP contribution in [-0.2, 0) is 11.2 Å². The molecular formula is C22H31IN4O2S. The topological polar surface area (TPSA) is 66.0 Å². The van der Waals surface area contributed by atoms with Gasteiger partial charge < -0.3 is 20.3 Å². The number of carbonyl (C=O) groups is 1. The number of amides is 1. The maximum absolute atomic E-state index is 12.2. The summed E-state index contributed by atoms with van der Waals surface area (Å²) in [6, 6.07) is 12.3. The highest BCUT2D eigenvalue weighted by Crippen LogP contribution is 2.31. The molecule has 1 unspecified atom stereocenters. The molecule has 0 radical (unpaired) electrons. The number of aliphatic imine (C=N–C) groups is 1. The van der Waals surface area contributed by atoms with Crippen molar-refractivity contribution in [2.45, 2.75) is 39.7 Å². The monoisotopic (exact) mass is 542 g/mol. The minimum atomic E-state index is -0.00225. The van der Waals surface area contributed by atoms with Gasteiger partial charge in [0.05, 0.1) is 5.69 Å². The van der Waals surface area contributed by atoms with E-state index in [-0.39, 0.29) is 36.5 Å². The molecule has 8 heteroatoms. The molecule has 1 amide bonds. The van der Waals surface area contributed by atoms with E-state index in [2.05, 4.69) is 43.5 Å². The smallest absolute Gasteiger partial charge is 0.265 e. The van der Waals surface area contributed by atoms with Gasteiger partial charge in [-0.1, -0.05) is 12.1 Å². The fraction of sp³-hybridized carbons (Fsp3) is 0.455. The number of para-hydroxylation sites is 2. The van der Waals surface area contributed by atoms with Crippen LogP contribution in [0.3, 0.4) is 0 Å². The van der Waals surface area contributed by atoms with Crippen molar-refractivity contribution in [1.82, 2.24) is 10.6 Å². The fourth-order valence-corrected chi connectivity index (χ4v) is 4.34. The van der Waals surface area contributed by atoms with Gasteiger partial charge >= 0.3 is 0 Å². The molecule has 0 spiro atoms. The summed E-state index contributed by atoms with van der Waals surface area (Å²) in [6.07, 6.45) is 1.76. The summed E-state index contributed by atoms with van der Waals surface area (Å²) in [5, 5.41) is 6.79. The minimum Gasteiger partial charge on any atom is -0.482 e. The Morgan fingerprint density at radius 3 is 2.83 bits per heavy atom. The molecule has 1 atom stereocenters. The van der Waals surface area contributed by atoms with Crippen LogP contribution in [0.2, 0.25) is 0 Å². The second-order valence-corrected chi connectivity index (χ2v) is 8.55. The first kappa shape index (κ1) is 24.5. The maximum atomic E-state index is 12.2. The standard InChI is InChI=1S/C22H30N4O2S.HI/c1-4-23-22(25-16(2)14-18-11-10-17(3)29-18)24-12-7-13-26-19-8-5-6-9-20(19)28-15-21(26)27;/h5-6,8-11,16H,4,7,12-15H2,1-3H3,(H2,23,24,25);1H. The normalized spacial score (nSPS) is 14.4. The summed E-state index contributed by atoms with van der Waals surface area (Å²) in [7, 11) is 0. The lowest BCUT2D eigenvalue weighted by molar-refractivity contribution is -0.121. The first-order valence-corrected chi connectivity index (χ1v) is 11.0. The quantitative estimate of drug-likeness (QED) is 0.229. The number of carbonyl (C=O) groups excluding carboxylic acids is 1. The number of halogens is 1. The van der Waals surface area contributed by atoms with E-state index in [1.54, 1.807) is 4.90 Å². The number of ether oxygens (including phenoxy) is 1. The Labute approximate surface area is 200 Å². The lowest BCUT2D eigenvalue weighted by Gasteiger charge is -2.29. The molecule has 1 aliphatic rings. The lowest BCUT2D eigenvalue weighted by atomic mass is 10.2. The predicted octanol–water partition coefficient (Wildman–Crippen LogP) is 3.98. The van der Waals surface area contributed by atoms with E-state index in [0.717, 1.165) is 36.8 Å². The van der Waals surface area contributed by atoms with Crippen LogP contribution in [0, 0.1) is 6.92 Å². The molecular weight excluding hydrogens is 511 g/mol. The highest BCUT2D eigenvalue weighted by atomic mass is 127. The summed E-state index contributed by atoms with van der Waals surface area (Å²) in [5.41, 5.74) is 0.845. The van der Waals surface area contributed by atoms with Crippen molar-refractivity contribution in [3.05, 3.63) is 46.2 Å². The van der Waals surface area contributed by atoms with Crippen molar-refractivity contribution in [2.75, 3.05) is 31.1 Å². The SMILES string of the molecule is CCNC(=NCCCN1C(=O)COc2ccccc21)NC(C)Cc1ccc(C)s1.I. The van der Waals surface area contributed by atoms with Gasteiger partial charge in [0.2, 0.25) is 0 Å². The summed E-state index contributed by atoms with van der Waals surface area (Å²) >= 11 is 1.84. The highest BCUT2D eigenvalue weighted by molar-refractivity contribution is 14.0. The number of hydrogen-bond donors (Lipinski definition) is 2. The molecule has 3 rings (SSSR count). The Bertz CT molecular complexity index is 855. The molecule has 2 heterocycles. The number of nitrogens with one attached hydrogen (secondary N) is 2. The van der Waals surface area contributed by atoms with Crippen LogP contribution in [0.15, 0.2) is 41.4 Å². The van der Waals surface area contributed by atoms with Crippen LogP contribution in [-0.4, -0.2) is 44.1 Å². The number of thiophene rings is 1. The Balaban J connectivity index is 0.00000320. The molecule has 1 aromatic carbocycles. The molecule has 6 nitrogen and oxygen atoms in total. The number of rotatable bonds is 8. The van der Waals surface area contributed by atoms with Gasteiger partial charge in [0.1, 0.15) is 5.75 Å². The Hall–Kier alpha value is -1.81. The maximum Gasteiger partial charge on any atom is 0.265 e. The van der Waals surface area contributed by atoms with Gasteiger partial charge in [-0.15, -0.1) is 35.3 Å². The zero-order valence-electron chi connectivity index (χ0n) is 17.8. The first-order valence-electron chi connectivity index (χ1n) is 10.2. The molecule has 1 aliphatic heterocycles. The summed E-state index contributed by atoms with van der Waals surface area (Å²) in [5.74, 6) is 1.59. The molecule has 0 bridgehead atoms. The molecule has 2 aromatic rings. The lowest BCUT2D eigenvalue weighted by Crippen LogP contribution is -2.43. The number of aryl methyl sites for hydroxylation is 1. The van der Waals surface area contributed by atoms with E-state index in [1.165, 1.54) is 9.75 Å². The van der Waals surface area contributed by atoms with Crippen LogP contribution in [0.1, 0.15) is 30.0 Å². The number of nitrogens with zero attached hydrogens (tertiary/aromatic N) is 2. The van der Waals surface area contributed by atoms with E-state index in [1.807, 2.05) is 35.6 Å². The van der Waals surface area contributed by atoms with Crippen molar-refractivity contribution >= 4 is 52.9 Å². The van der Waals surface area contributed by atoms with Crippen molar-refractivity contribution < 1.29 is 9.53 Å². The number of hydrogen-bond acceptors (Lipinski definition) is 4. The molecule has 0 saturated heterocycles. The predicted molar refractivity (Wildman–Crippen MR) is 136 cm³/mol. The molecule has 30 heavy (non-hydrogen) atoms. The van der Waals surface area contributed by atoms with Crippen molar-refractivity contribution in [1.29, 1.82) is 0 Å². The highest BCUT2D eigenvalue weighted by Gasteiger charge is 2.24. The van der Waals surface area contributed by atoms with Gasteiger partial charge in [0.25, 0.3) is 5.91 Å². The Morgan fingerprint density at radius 1 is 1.30 bits per heavy atom. The van der Waals surface area contributed by atoms with E-state index in [0.29, 0.717) is 19.1 Å². The second-order valence-electron chi connectivity index (χ2n) is 7.18. The number of anilines is 1. The van der Waals surface area contributed by atoms with E-state index < -0.39 is 0 Å². The molecule has 164 valence electrons. The van der Waals surface area contributed by atoms with Gasteiger partial charge in [-0.05, 0) is 51.5 Å². The van der Waals surface area contributed by atoms with E-state index >= 15 is 0 Å². The second kappa shape index (κ2) is 12.1. The third-order valence-electron chi connectivity index (χ3n) is 4.65. The zero-order valence-corrected chi connectivity index (χ0v) is 21.0. The van der Waals surface area contributed by atoms with Gasteiger partial charge in [-0.25, -0.2) is 0 Å². The van der Waals surface area contributed by atoms with Gasteiger partial charge in [0, 0.05) is 41.9 Å². The molecule has 0 saturated carbocycles. The molecule has 1 aromatic heterocycles. The minimum absolute atomic E-state index is 0. The van der Waals surface area contributed by atoms with Crippen LogP contribution < -0.4 is 20.3 Å². The van der Waals surface area contributed by atoms with Gasteiger partial charge in [-0.3, -0.25) is 9.79 Å². The molecule has 0 fully saturated rings. The summed E-state index contributed by atoms with van der Waals surface area (Å²) < 4.78 is 5.50. The first-order chi connectivity index (χ1) is 14.1. The van der Waals surface area contributed by atoms with Crippen molar-refractivity contribution in [2.24, 2.45) is 4.99 Å². The third-order valence-corrected chi connectivity index (χ3v) is 5.67. The van der Waals surface area contributed by atoms with Crippen LogP contribution in [0.5, 0.6) is 5.75 Å². The fourth-order valence-electron chi connectivity index (χ4n) is 3.32. The van der Waals surface area contributed by atoms with Gasteiger partial charge in [0.15, 0.2) is 12.6 Å². The van der Waals surface area contributed by atoms with Crippen molar-refractivity contribution in [3.8, 4) is 5.75 Å². The molecule has 2 N–H and O–H groups in total. The number of benzene rings is 1. The summed E-state index contributed by atoms with van der Waals surface area (Å²) in [6.45, 7) is 8.56. The summed E-state index contributed by atoms with van der Waals surface area (Å²) in [4.78, 5) is 21.5. The number of guanidine groups is 1. The van der Waals surface area contributed by atoms with Crippen LogP contribution in [0.25, 0.3) is 0 Å². The average Bonchev–Trinajstić information content (AvgIpc) is 3.11.